The molecule has 1 aromatic rings. The second-order valence-corrected chi connectivity index (χ2v) is 4.36. The Morgan fingerprint density at radius 3 is 2.94 bits per heavy atom. The zero-order valence-electron chi connectivity index (χ0n) is 9.17. The number of nitrogens with zero attached hydrogens (tertiary/aromatic N) is 4. The highest BCUT2D eigenvalue weighted by molar-refractivity contribution is 6.29. The highest BCUT2D eigenvalue weighted by Crippen LogP contribution is 2.26. The molecule has 2 rings (SSSR count). The Hall–Kier alpha value is -1.63. The molecule has 1 aliphatic carbocycles. The van der Waals surface area contributed by atoms with E-state index >= 15 is 0 Å². The Kier molecular flexibility index (Phi) is 3.01. The van der Waals surface area contributed by atoms with Gasteiger partial charge in [0.15, 0.2) is 11.7 Å². The van der Waals surface area contributed by atoms with E-state index in [1.807, 2.05) is 0 Å². The van der Waals surface area contributed by atoms with Crippen molar-refractivity contribution in [2.45, 2.75) is 25.4 Å². The molecule has 1 saturated carbocycles. The molecule has 1 amide bonds. The summed E-state index contributed by atoms with van der Waals surface area (Å²) in [5.74, 6) is -0.470. The van der Waals surface area contributed by atoms with Crippen LogP contribution in [0.2, 0.25) is 5.15 Å². The zero-order chi connectivity index (χ0) is 12.6. The molecule has 0 aliphatic heterocycles. The fourth-order valence-corrected chi connectivity index (χ4v) is 1.73. The average Bonchev–Trinajstić information content (AvgIpc) is 3.02. The van der Waals surface area contributed by atoms with E-state index in [1.165, 1.54) is 0 Å². The number of nitro groups is 1. The van der Waals surface area contributed by atoms with Crippen molar-refractivity contribution in [3.05, 3.63) is 21.3 Å². The standard InChI is InChI=1S/C9H11ClN4O3/c1-12(6-2-3-6)9(15)5-13-8(14(16)17)4-7(10)11-13/h4,6H,2-3,5H2,1H3. The first-order chi connectivity index (χ1) is 7.99. The van der Waals surface area contributed by atoms with Gasteiger partial charge in [-0.15, -0.1) is 4.68 Å². The predicted octanol–water partition coefficient (Wildman–Crippen LogP) is 1.07. The summed E-state index contributed by atoms with van der Waals surface area (Å²) in [5.41, 5.74) is 0. The van der Waals surface area contributed by atoms with Crippen molar-refractivity contribution in [2.24, 2.45) is 0 Å². The molecule has 8 heteroatoms. The Bertz CT molecular complexity index is 469. The minimum Gasteiger partial charge on any atom is -0.358 e. The van der Waals surface area contributed by atoms with Crippen LogP contribution in [0.3, 0.4) is 0 Å². The summed E-state index contributed by atoms with van der Waals surface area (Å²) in [6.07, 6.45) is 1.98. The lowest BCUT2D eigenvalue weighted by molar-refractivity contribution is -0.392. The monoisotopic (exact) mass is 258 g/mol. The van der Waals surface area contributed by atoms with Crippen LogP contribution in [-0.2, 0) is 11.3 Å². The Balaban J connectivity index is 2.11. The van der Waals surface area contributed by atoms with Crippen LogP contribution in [0.5, 0.6) is 0 Å². The van der Waals surface area contributed by atoms with E-state index in [9.17, 15) is 14.9 Å². The van der Waals surface area contributed by atoms with E-state index in [0.717, 1.165) is 23.6 Å². The first kappa shape index (κ1) is 11.8. The van der Waals surface area contributed by atoms with Crippen molar-refractivity contribution in [3.8, 4) is 0 Å². The summed E-state index contributed by atoms with van der Waals surface area (Å²) >= 11 is 5.59. The van der Waals surface area contributed by atoms with Crippen molar-refractivity contribution in [1.82, 2.24) is 14.7 Å². The number of hydrogen-bond acceptors (Lipinski definition) is 4. The topological polar surface area (TPSA) is 81.3 Å². The summed E-state index contributed by atoms with van der Waals surface area (Å²) in [5, 5.41) is 14.4. The number of amides is 1. The summed E-state index contributed by atoms with van der Waals surface area (Å²) in [7, 11) is 1.69. The normalized spacial score (nSPS) is 14.7. The molecule has 0 bridgehead atoms. The maximum Gasteiger partial charge on any atom is 0.346 e. The quantitative estimate of drug-likeness (QED) is 0.597. The Morgan fingerprint density at radius 1 is 1.76 bits per heavy atom. The second-order valence-electron chi connectivity index (χ2n) is 3.98. The van der Waals surface area contributed by atoms with Gasteiger partial charge >= 0.3 is 5.82 Å². The molecule has 0 unspecified atom stereocenters. The van der Waals surface area contributed by atoms with Gasteiger partial charge in [-0.2, -0.15) is 0 Å². The lowest BCUT2D eigenvalue weighted by Crippen LogP contribution is -2.32. The molecule has 0 saturated heterocycles. The SMILES string of the molecule is CN(C(=O)Cn1nc(Cl)cc1[N+](=O)[O-])C1CC1. The number of aromatic nitrogens is 2. The fraction of sp³-hybridized carbons (Fsp3) is 0.556. The van der Waals surface area contributed by atoms with E-state index in [1.54, 1.807) is 11.9 Å². The van der Waals surface area contributed by atoms with Gasteiger partial charge in [0.25, 0.3) is 5.91 Å². The molecule has 17 heavy (non-hydrogen) atoms. The Morgan fingerprint density at radius 2 is 2.41 bits per heavy atom. The van der Waals surface area contributed by atoms with Gasteiger partial charge < -0.3 is 15.0 Å². The summed E-state index contributed by atoms with van der Waals surface area (Å²) in [6.45, 7) is -0.157. The van der Waals surface area contributed by atoms with Crippen LogP contribution in [0, 0.1) is 10.1 Å². The zero-order valence-corrected chi connectivity index (χ0v) is 9.92. The van der Waals surface area contributed by atoms with Crippen LogP contribution in [-0.4, -0.2) is 38.6 Å². The number of hydrogen-bond donors (Lipinski definition) is 0. The largest absolute Gasteiger partial charge is 0.358 e. The number of carbonyl (C=O) groups excluding carboxylic acids is 1. The summed E-state index contributed by atoms with van der Waals surface area (Å²) in [6, 6.07) is 1.40. The van der Waals surface area contributed by atoms with Gasteiger partial charge in [0.2, 0.25) is 0 Å². The molecule has 1 fully saturated rings. The van der Waals surface area contributed by atoms with E-state index < -0.39 is 4.92 Å². The van der Waals surface area contributed by atoms with Crippen LogP contribution in [0.1, 0.15) is 12.8 Å². The average molecular weight is 259 g/mol. The highest BCUT2D eigenvalue weighted by atomic mass is 35.5. The molecule has 1 heterocycles. The van der Waals surface area contributed by atoms with Crippen molar-refractivity contribution >= 4 is 23.3 Å². The number of likely N-dealkylation sites (N-methyl/N-ethyl adjacent to an activating group) is 1. The molecule has 0 N–H and O–H groups in total. The number of halogens is 1. The van der Waals surface area contributed by atoms with E-state index in [-0.39, 0.29) is 29.5 Å². The molecule has 0 radical (unpaired) electrons. The van der Waals surface area contributed by atoms with E-state index in [2.05, 4.69) is 5.10 Å². The lowest BCUT2D eigenvalue weighted by Gasteiger charge is -2.14. The number of carbonyl (C=O) groups is 1. The molecule has 1 aliphatic rings. The molecule has 0 aromatic carbocycles. The smallest absolute Gasteiger partial charge is 0.346 e. The number of rotatable bonds is 4. The van der Waals surface area contributed by atoms with E-state index in [0.29, 0.717) is 0 Å². The van der Waals surface area contributed by atoms with Crippen LogP contribution in [0.4, 0.5) is 5.82 Å². The molecular weight excluding hydrogens is 248 g/mol. The van der Waals surface area contributed by atoms with E-state index in [4.69, 9.17) is 11.6 Å². The van der Waals surface area contributed by atoms with Gasteiger partial charge in [-0.1, -0.05) is 16.7 Å². The highest BCUT2D eigenvalue weighted by Gasteiger charge is 2.31. The van der Waals surface area contributed by atoms with Gasteiger partial charge in [-0.05, 0) is 17.8 Å². The van der Waals surface area contributed by atoms with Gasteiger partial charge in [0.05, 0.1) is 6.07 Å². The third-order valence-electron chi connectivity index (χ3n) is 2.69. The molecule has 7 nitrogen and oxygen atoms in total. The molecular formula is C9H11ClN4O3. The van der Waals surface area contributed by atoms with Crippen molar-refractivity contribution in [3.63, 3.8) is 0 Å². The summed E-state index contributed by atoms with van der Waals surface area (Å²) < 4.78 is 1.02. The molecule has 0 spiro atoms. The van der Waals surface area contributed by atoms with Gasteiger partial charge in [0, 0.05) is 13.1 Å². The molecule has 0 atom stereocenters. The second kappa shape index (κ2) is 4.33. The van der Waals surface area contributed by atoms with Crippen molar-refractivity contribution < 1.29 is 9.72 Å². The minimum atomic E-state index is -0.608. The van der Waals surface area contributed by atoms with Crippen LogP contribution < -0.4 is 0 Å². The van der Waals surface area contributed by atoms with Gasteiger partial charge in [0.1, 0.15) is 0 Å². The van der Waals surface area contributed by atoms with Crippen molar-refractivity contribution in [1.29, 1.82) is 0 Å². The Labute approximate surface area is 102 Å². The maximum absolute atomic E-state index is 11.8. The van der Waals surface area contributed by atoms with Gasteiger partial charge in [-0.3, -0.25) is 4.79 Å². The van der Waals surface area contributed by atoms with Gasteiger partial charge in [-0.25, -0.2) is 0 Å². The van der Waals surface area contributed by atoms with Crippen LogP contribution in [0.15, 0.2) is 6.07 Å². The van der Waals surface area contributed by atoms with Crippen molar-refractivity contribution in [2.75, 3.05) is 7.05 Å². The van der Waals surface area contributed by atoms with Crippen LogP contribution in [0.25, 0.3) is 0 Å². The van der Waals surface area contributed by atoms with Crippen LogP contribution >= 0.6 is 11.6 Å². The molecule has 1 aromatic heterocycles. The first-order valence-corrected chi connectivity index (χ1v) is 5.50. The summed E-state index contributed by atoms with van der Waals surface area (Å²) in [4.78, 5) is 23.5. The lowest BCUT2D eigenvalue weighted by atomic mass is 10.4. The third kappa shape index (κ3) is 2.55. The fourth-order valence-electron chi connectivity index (χ4n) is 1.54. The molecule has 92 valence electrons. The predicted molar refractivity (Wildman–Crippen MR) is 59.7 cm³/mol. The minimum absolute atomic E-state index is 0.0126. The maximum atomic E-state index is 11.8. The third-order valence-corrected chi connectivity index (χ3v) is 2.87. The first-order valence-electron chi connectivity index (χ1n) is 5.12.